The zero-order valence-corrected chi connectivity index (χ0v) is 13.6. The van der Waals surface area contributed by atoms with E-state index in [2.05, 4.69) is 37.6 Å². The molecule has 1 atom stereocenters. The highest BCUT2D eigenvalue weighted by atomic mass is 16.5. The number of aryl methyl sites for hydroxylation is 1. The number of hydrogen-bond acceptors (Lipinski definition) is 6. The second kappa shape index (κ2) is 6.80. The summed E-state index contributed by atoms with van der Waals surface area (Å²) in [7, 11) is 0. The molecule has 0 spiro atoms. The van der Waals surface area contributed by atoms with Crippen LogP contribution in [0.2, 0.25) is 0 Å². The van der Waals surface area contributed by atoms with Gasteiger partial charge in [0, 0.05) is 18.8 Å². The Bertz CT molecular complexity index is 878. The molecule has 0 fully saturated rings. The Hall–Kier alpha value is -3.09. The smallest absolute Gasteiger partial charge is 0.246 e. The van der Waals surface area contributed by atoms with Crippen LogP contribution in [0.3, 0.4) is 0 Å². The third-order valence-corrected chi connectivity index (χ3v) is 4.36. The number of carbonyl (C=O) groups excluding carboxylic acids is 1. The molecule has 4 rings (SSSR count). The molecule has 1 N–H and O–H groups in total. The van der Waals surface area contributed by atoms with Crippen molar-refractivity contribution in [3.05, 3.63) is 59.7 Å². The van der Waals surface area contributed by atoms with Gasteiger partial charge in [-0.15, -0.1) is 0 Å². The fraction of sp³-hybridized carbons (Fsp3) is 0.278. The Kier molecular flexibility index (Phi) is 4.20. The molecule has 0 aliphatic heterocycles. The van der Waals surface area contributed by atoms with Crippen LogP contribution >= 0.6 is 0 Å². The molecule has 0 radical (unpaired) electrons. The summed E-state index contributed by atoms with van der Waals surface area (Å²) in [6, 6.07) is 10.0. The summed E-state index contributed by atoms with van der Waals surface area (Å²) in [5.74, 6) is 1.31. The maximum atomic E-state index is 12.2. The number of carbonyl (C=O) groups is 1. The van der Waals surface area contributed by atoms with Crippen LogP contribution in [0.4, 0.5) is 0 Å². The molecule has 1 aliphatic carbocycles. The second-order valence-corrected chi connectivity index (χ2v) is 6.00. The van der Waals surface area contributed by atoms with Gasteiger partial charge in [0.1, 0.15) is 0 Å². The maximum absolute atomic E-state index is 12.2. The van der Waals surface area contributed by atoms with E-state index in [1.54, 1.807) is 18.5 Å². The van der Waals surface area contributed by atoms with Gasteiger partial charge < -0.3 is 9.84 Å². The second-order valence-electron chi connectivity index (χ2n) is 6.00. The number of fused-ring (bicyclic) bond motifs is 1. The molecule has 126 valence electrons. The van der Waals surface area contributed by atoms with Crippen molar-refractivity contribution in [2.24, 2.45) is 0 Å². The average molecular weight is 335 g/mol. The molecule has 7 nitrogen and oxygen atoms in total. The first-order chi connectivity index (χ1) is 12.3. The molecule has 0 unspecified atom stereocenters. The van der Waals surface area contributed by atoms with Gasteiger partial charge in [-0.1, -0.05) is 29.4 Å². The molecular formula is C18H17N5O2. The van der Waals surface area contributed by atoms with Gasteiger partial charge in [0.2, 0.25) is 23.4 Å². The van der Waals surface area contributed by atoms with E-state index in [1.807, 2.05) is 12.1 Å². The van der Waals surface area contributed by atoms with Gasteiger partial charge in [-0.2, -0.15) is 4.98 Å². The molecule has 1 amide bonds. The lowest BCUT2D eigenvalue weighted by Gasteiger charge is -2.10. The van der Waals surface area contributed by atoms with Crippen molar-refractivity contribution in [2.45, 2.75) is 31.7 Å². The largest absolute Gasteiger partial charge is 0.347 e. The Morgan fingerprint density at radius 2 is 2.00 bits per heavy atom. The number of nitrogens with one attached hydrogen (secondary N) is 1. The Morgan fingerprint density at radius 3 is 2.88 bits per heavy atom. The zero-order valence-electron chi connectivity index (χ0n) is 13.6. The number of amides is 1. The van der Waals surface area contributed by atoms with Gasteiger partial charge in [0.05, 0.1) is 6.54 Å². The SMILES string of the molecule is O=C(C[C@@H]1CCc2ccccc21)NCc1nc(-c2ncccn2)no1. The van der Waals surface area contributed by atoms with Gasteiger partial charge in [-0.05, 0) is 36.0 Å². The van der Waals surface area contributed by atoms with Crippen molar-refractivity contribution in [2.75, 3.05) is 0 Å². The topological polar surface area (TPSA) is 93.8 Å². The summed E-state index contributed by atoms with van der Waals surface area (Å²) in [6.07, 6.45) is 5.75. The molecule has 0 saturated carbocycles. The monoisotopic (exact) mass is 335 g/mol. The maximum Gasteiger partial charge on any atom is 0.246 e. The standard InChI is InChI=1S/C18H17N5O2/c24-15(10-13-7-6-12-4-1-2-5-14(12)13)21-11-16-22-18(23-25-16)17-19-8-3-9-20-17/h1-5,8-9,13H,6-7,10-11H2,(H,21,24)/t13-/m0/s1. The van der Waals surface area contributed by atoms with Crippen molar-refractivity contribution >= 4 is 5.91 Å². The number of rotatable bonds is 5. The molecular weight excluding hydrogens is 318 g/mol. The summed E-state index contributed by atoms with van der Waals surface area (Å²) in [4.78, 5) is 24.6. The minimum atomic E-state index is -0.0163. The number of benzene rings is 1. The summed E-state index contributed by atoms with van der Waals surface area (Å²) < 4.78 is 5.14. The number of hydrogen-bond donors (Lipinski definition) is 1. The lowest BCUT2D eigenvalue weighted by molar-refractivity contribution is -0.121. The normalized spacial score (nSPS) is 15.8. The van der Waals surface area contributed by atoms with Crippen LogP contribution in [-0.2, 0) is 17.8 Å². The molecule has 0 saturated heterocycles. The van der Waals surface area contributed by atoms with Crippen LogP contribution in [0.1, 0.15) is 35.8 Å². The highest BCUT2D eigenvalue weighted by molar-refractivity contribution is 5.77. The van der Waals surface area contributed by atoms with Crippen molar-refractivity contribution < 1.29 is 9.32 Å². The van der Waals surface area contributed by atoms with Crippen LogP contribution in [0, 0.1) is 0 Å². The third-order valence-electron chi connectivity index (χ3n) is 4.36. The van der Waals surface area contributed by atoms with Crippen LogP contribution < -0.4 is 5.32 Å². The fourth-order valence-corrected chi connectivity index (χ4v) is 3.16. The summed E-state index contributed by atoms with van der Waals surface area (Å²) in [5.41, 5.74) is 2.64. The number of nitrogens with zero attached hydrogens (tertiary/aromatic N) is 4. The minimum absolute atomic E-state index is 0.0163. The molecule has 1 aliphatic rings. The summed E-state index contributed by atoms with van der Waals surface area (Å²) >= 11 is 0. The molecule has 7 heteroatoms. The molecule has 25 heavy (non-hydrogen) atoms. The summed E-state index contributed by atoms with van der Waals surface area (Å²) in [5, 5.41) is 6.68. The van der Waals surface area contributed by atoms with E-state index in [0.29, 0.717) is 24.0 Å². The number of aromatic nitrogens is 4. The Balaban J connectivity index is 1.33. The molecule has 3 aromatic rings. The van der Waals surface area contributed by atoms with E-state index in [0.717, 1.165) is 12.8 Å². The highest BCUT2D eigenvalue weighted by Crippen LogP contribution is 2.35. The van der Waals surface area contributed by atoms with Crippen molar-refractivity contribution in [3.8, 4) is 11.6 Å². The van der Waals surface area contributed by atoms with Crippen LogP contribution in [0.25, 0.3) is 11.6 Å². The predicted molar refractivity (Wildman–Crippen MR) is 89.3 cm³/mol. The first kappa shape index (κ1) is 15.4. The van der Waals surface area contributed by atoms with E-state index in [9.17, 15) is 4.79 Å². The Labute approximate surface area is 144 Å². The van der Waals surface area contributed by atoms with Gasteiger partial charge in [-0.3, -0.25) is 4.79 Å². The quantitative estimate of drug-likeness (QED) is 0.768. The van der Waals surface area contributed by atoms with Gasteiger partial charge >= 0.3 is 0 Å². The van der Waals surface area contributed by atoms with E-state index < -0.39 is 0 Å². The zero-order chi connectivity index (χ0) is 17.1. The molecule has 0 bridgehead atoms. The fourth-order valence-electron chi connectivity index (χ4n) is 3.16. The van der Waals surface area contributed by atoms with E-state index >= 15 is 0 Å². The average Bonchev–Trinajstić information content (AvgIpc) is 3.28. The van der Waals surface area contributed by atoms with Crippen molar-refractivity contribution in [1.29, 1.82) is 0 Å². The first-order valence-corrected chi connectivity index (χ1v) is 8.24. The third kappa shape index (κ3) is 3.40. The predicted octanol–water partition coefficient (Wildman–Crippen LogP) is 2.26. The molecule has 2 heterocycles. The Morgan fingerprint density at radius 1 is 1.16 bits per heavy atom. The van der Waals surface area contributed by atoms with Crippen LogP contribution in [0.5, 0.6) is 0 Å². The van der Waals surface area contributed by atoms with E-state index in [4.69, 9.17) is 4.52 Å². The van der Waals surface area contributed by atoms with Crippen molar-refractivity contribution in [3.63, 3.8) is 0 Å². The minimum Gasteiger partial charge on any atom is -0.347 e. The van der Waals surface area contributed by atoms with Gasteiger partial charge in [0.15, 0.2) is 0 Å². The first-order valence-electron chi connectivity index (χ1n) is 8.24. The summed E-state index contributed by atoms with van der Waals surface area (Å²) in [6.45, 7) is 0.201. The van der Waals surface area contributed by atoms with Gasteiger partial charge in [-0.25, -0.2) is 9.97 Å². The van der Waals surface area contributed by atoms with Gasteiger partial charge in [0.25, 0.3) is 0 Å². The van der Waals surface area contributed by atoms with Crippen molar-refractivity contribution in [1.82, 2.24) is 25.4 Å². The van der Waals surface area contributed by atoms with E-state index in [1.165, 1.54) is 11.1 Å². The van der Waals surface area contributed by atoms with E-state index in [-0.39, 0.29) is 18.4 Å². The van der Waals surface area contributed by atoms with Crippen LogP contribution in [0.15, 0.2) is 47.2 Å². The van der Waals surface area contributed by atoms with Crippen LogP contribution in [-0.4, -0.2) is 26.0 Å². The highest BCUT2D eigenvalue weighted by Gasteiger charge is 2.24. The molecule has 1 aromatic carbocycles. The lowest BCUT2D eigenvalue weighted by Crippen LogP contribution is -2.24. The molecule has 2 aromatic heterocycles. The lowest BCUT2D eigenvalue weighted by atomic mass is 9.97.